The lowest BCUT2D eigenvalue weighted by molar-refractivity contribution is -0.125. The van der Waals surface area contributed by atoms with Gasteiger partial charge in [0.25, 0.3) is 0 Å². The minimum atomic E-state index is 0.172. The first-order valence-electron chi connectivity index (χ1n) is 14.4. The maximum atomic E-state index is 12.1. The van der Waals surface area contributed by atoms with Gasteiger partial charge in [0.15, 0.2) is 0 Å². The third kappa shape index (κ3) is 10.2. The molecule has 2 rings (SSSR count). The Kier molecular flexibility index (Phi) is 14.7. The third-order valence-corrected chi connectivity index (χ3v) is 7.20. The van der Waals surface area contributed by atoms with Gasteiger partial charge in [-0.15, -0.1) is 0 Å². The van der Waals surface area contributed by atoms with Crippen molar-refractivity contribution in [1.29, 1.82) is 0 Å². The molecule has 1 amide bonds. The van der Waals surface area contributed by atoms with Crippen molar-refractivity contribution in [2.75, 3.05) is 6.54 Å². The Morgan fingerprint density at radius 2 is 1.44 bits per heavy atom. The molecule has 192 valence electrons. The average Bonchev–Trinajstić information content (AvgIpc) is 3.20. The van der Waals surface area contributed by atoms with E-state index in [1.54, 1.807) is 0 Å². The molecule has 4 heteroatoms. The van der Waals surface area contributed by atoms with Gasteiger partial charge in [-0.25, -0.2) is 4.98 Å². The van der Waals surface area contributed by atoms with Crippen LogP contribution in [-0.2, 0) is 17.8 Å². The van der Waals surface area contributed by atoms with E-state index in [2.05, 4.69) is 54.9 Å². The number of nitrogens with one attached hydrogen (secondary N) is 1. The Hall–Kier alpha value is -1.84. The summed E-state index contributed by atoms with van der Waals surface area (Å²) in [5, 5.41) is 3.12. The van der Waals surface area contributed by atoms with E-state index in [1.807, 2.05) is 0 Å². The van der Waals surface area contributed by atoms with Gasteiger partial charge in [-0.1, -0.05) is 97.1 Å². The van der Waals surface area contributed by atoms with Gasteiger partial charge in [0, 0.05) is 25.4 Å². The first-order valence-corrected chi connectivity index (χ1v) is 14.4. The Labute approximate surface area is 209 Å². The molecule has 1 aromatic carbocycles. The molecule has 0 saturated carbocycles. The Morgan fingerprint density at radius 1 is 0.824 bits per heavy atom. The number of benzene rings is 1. The minimum absolute atomic E-state index is 0.172. The van der Waals surface area contributed by atoms with E-state index in [0.29, 0.717) is 0 Å². The Bertz CT molecular complexity index is 793. The zero-order valence-corrected chi connectivity index (χ0v) is 22.4. The summed E-state index contributed by atoms with van der Waals surface area (Å²) < 4.78 is 2.47. The number of hydrogen-bond donors (Lipinski definition) is 1. The molecule has 34 heavy (non-hydrogen) atoms. The van der Waals surface area contributed by atoms with Crippen molar-refractivity contribution >= 4 is 16.9 Å². The molecule has 1 aromatic heterocycles. The van der Waals surface area contributed by atoms with Crippen LogP contribution in [0.1, 0.15) is 123 Å². The van der Waals surface area contributed by atoms with E-state index in [4.69, 9.17) is 4.98 Å². The topological polar surface area (TPSA) is 46.9 Å². The van der Waals surface area contributed by atoms with Crippen LogP contribution in [0.2, 0.25) is 0 Å². The highest BCUT2D eigenvalue weighted by Gasteiger charge is 2.13. The molecular formula is C30H51N3O. The molecule has 0 unspecified atom stereocenters. The van der Waals surface area contributed by atoms with Crippen molar-refractivity contribution in [2.24, 2.45) is 5.92 Å². The standard InChI is InChI=1S/C30H51N3O/c1-4-7-8-9-10-11-12-13-14-20-25-33-28-22-18-17-21-27(28)32-29(33)23-16-15-19-24-31-30(34)26(5-2)6-3/h17-18,21-22,26H,4-16,19-20,23-25H2,1-3H3,(H,31,34). The number of hydrogen-bond acceptors (Lipinski definition) is 2. The van der Waals surface area contributed by atoms with Crippen LogP contribution in [0.4, 0.5) is 0 Å². The molecule has 0 spiro atoms. The van der Waals surface area contributed by atoms with Crippen LogP contribution < -0.4 is 5.32 Å². The van der Waals surface area contributed by atoms with E-state index >= 15 is 0 Å². The van der Waals surface area contributed by atoms with E-state index < -0.39 is 0 Å². The molecule has 0 fully saturated rings. The highest BCUT2D eigenvalue weighted by Crippen LogP contribution is 2.19. The van der Waals surface area contributed by atoms with Crippen LogP contribution in [0.25, 0.3) is 11.0 Å². The van der Waals surface area contributed by atoms with E-state index in [0.717, 1.165) is 57.1 Å². The van der Waals surface area contributed by atoms with Gasteiger partial charge >= 0.3 is 0 Å². The van der Waals surface area contributed by atoms with Crippen molar-refractivity contribution in [3.05, 3.63) is 30.1 Å². The molecule has 1 N–H and O–H groups in total. The number of unbranched alkanes of at least 4 members (excludes halogenated alkanes) is 11. The largest absolute Gasteiger partial charge is 0.356 e. The van der Waals surface area contributed by atoms with E-state index in [1.165, 1.54) is 75.5 Å². The fourth-order valence-electron chi connectivity index (χ4n) is 4.92. The quantitative estimate of drug-likeness (QED) is 0.199. The summed E-state index contributed by atoms with van der Waals surface area (Å²) in [6, 6.07) is 8.58. The zero-order valence-electron chi connectivity index (χ0n) is 22.4. The summed E-state index contributed by atoms with van der Waals surface area (Å²) in [6.45, 7) is 8.35. The molecule has 0 aliphatic rings. The van der Waals surface area contributed by atoms with Crippen molar-refractivity contribution in [3.8, 4) is 0 Å². The second kappa shape index (κ2) is 17.6. The number of nitrogens with zero attached hydrogens (tertiary/aromatic N) is 2. The van der Waals surface area contributed by atoms with Crippen molar-refractivity contribution in [2.45, 2.75) is 130 Å². The highest BCUT2D eigenvalue weighted by molar-refractivity contribution is 5.78. The Morgan fingerprint density at radius 3 is 2.12 bits per heavy atom. The van der Waals surface area contributed by atoms with Gasteiger partial charge < -0.3 is 9.88 Å². The summed E-state index contributed by atoms with van der Waals surface area (Å²) in [5.41, 5.74) is 2.41. The molecule has 0 atom stereocenters. The van der Waals surface area contributed by atoms with Crippen LogP contribution >= 0.6 is 0 Å². The molecule has 1 heterocycles. The predicted octanol–water partition coefficient (Wildman–Crippen LogP) is 8.22. The lowest BCUT2D eigenvalue weighted by Gasteiger charge is -2.12. The molecule has 0 bridgehead atoms. The van der Waals surface area contributed by atoms with Crippen LogP contribution in [0.15, 0.2) is 24.3 Å². The smallest absolute Gasteiger partial charge is 0.223 e. The van der Waals surface area contributed by atoms with Gasteiger partial charge in [0.05, 0.1) is 11.0 Å². The minimum Gasteiger partial charge on any atom is -0.356 e. The van der Waals surface area contributed by atoms with Gasteiger partial charge in [0.1, 0.15) is 5.82 Å². The van der Waals surface area contributed by atoms with E-state index in [-0.39, 0.29) is 11.8 Å². The summed E-state index contributed by atoms with van der Waals surface area (Å²) in [5.74, 6) is 1.63. The van der Waals surface area contributed by atoms with Crippen LogP contribution in [0.3, 0.4) is 0 Å². The second-order valence-electron chi connectivity index (χ2n) is 9.97. The van der Waals surface area contributed by atoms with Crippen LogP contribution in [0.5, 0.6) is 0 Å². The highest BCUT2D eigenvalue weighted by atomic mass is 16.1. The van der Waals surface area contributed by atoms with Crippen LogP contribution in [0, 0.1) is 5.92 Å². The zero-order chi connectivity index (χ0) is 24.4. The normalized spacial score (nSPS) is 11.5. The number of aromatic nitrogens is 2. The maximum Gasteiger partial charge on any atom is 0.223 e. The number of fused-ring (bicyclic) bond motifs is 1. The molecule has 0 saturated heterocycles. The fraction of sp³-hybridized carbons (Fsp3) is 0.733. The number of carbonyl (C=O) groups excluding carboxylic acids is 1. The third-order valence-electron chi connectivity index (χ3n) is 7.20. The van der Waals surface area contributed by atoms with E-state index in [9.17, 15) is 4.79 Å². The lowest BCUT2D eigenvalue weighted by Crippen LogP contribution is -2.30. The summed E-state index contributed by atoms with van der Waals surface area (Å²) in [7, 11) is 0. The molecule has 4 nitrogen and oxygen atoms in total. The van der Waals surface area contributed by atoms with Crippen LogP contribution in [-0.4, -0.2) is 22.0 Å². The number of aryl methyl sites for hydroxylation is 2. The summed E-state index contributed by atoms with van der Waals surface area (Å²) in [6.07, 6.45) is 19.9. The molecular weight excluding hydrogens is 418 g/mol. The van der Waals surface area contributed by atoms with Crippen molar-refractivity contribution < 1.29 is 4.79 Å². The van der Waals surface area contributed by atoms with Crippen molar-refractivity contribution in [3.63, 3.8) is 0 Å². The lowest BCUT2D eigenvalue weighted by atomic mass is 10.0. The number of rotatable bonds is 20. The molecule has 0 aliphatic carbocycles. The van der Waals surface area contributed by atoms with Gasteiger partial charge in [-0.05, 0) is 44.2 Å². The monoisotopic (exact) mass is 469 g/mol. The molecule has 0 aliphatic heterocycles. The SMILES string of the molecule is CCCCCCCCCCCCn1c(CCCCCNC(=O)C(CC)CC)nc2ccccc21. The number of para-hydroxylation sites is 2. The van der Waals surface area contributed by atoms with Crippen molar-refractivity contribution in [1.82, 2.24) is 14.9 Å². The van der Waals surface area contributed by atoms with Gasteiger partial charge in [-0.3, -0.25) is 4.79 Å². The Balaban J connectivity index is 1.70. The summed E-state index contributed by atoms with van der Waals surface area (Å²) >= 11 is 0. The maximum absolute atomic E-state index is 12.1. The predicted molar refractivity (Wildman–Crippen MR) is 146 cm³/mol. The molecule has 0 radical (unpaired) electrons. The van der Waals surface area contributed by atoms with Gasteiger partial charge in [0.2, 0.25) is 5.91 Å². The first kappa shape index (κ1) is 28.4. The molecule has 2 aromatic rings. The fourth-order valence-corrected chi connectivity index (χ4v) is 4.92. The summed E-state index contributed by atoms with van der Waals surface area (Å²) in [4.78, 5) is 17.1. The number of imidazole rings is 1. The second-order valence-corrected chi connectivity index (χ2v) is 9.97. The first-order chi connectivity index (χ1) is 16.7. The average molecular weight is 470 g/mol. The number of carbonyl (C=O) groups is 1. The number of amides is 1. The van der Waals surface area contributed by atoms with Gasteiger partial charge in [-0.2, -0.15) is 0 Å².